The van der Waals surface area contributed by atoms with Gasteiger partial charge >= 0.3 is 0 Å². The van der Waals surface area contributed by atoms with Gasteiger partial charge in [-0.2, -0.15) is 0 Å². The molecule has 0 radical (unpaired) electrons. The van der Waals surface area contributed by atoms with Crippen LogP contribution in [0.5, 0.6) is 0 Å². The van der Waals surface area contributed by atoms with E-state index in [-0.39, 0.29) is 17.3 Å². The van der Waals surface area contributed by atoms with Gasteiger partial charge in [-0.25, -0.2) is 0 Å². The molecule has 0 fully saturated rings. The van der Waals surface area contributed by atoms with Crippen LogP contribution in [0, 0.1) is 24.0 Å². The lowest BCUT2D eigenvalue weighted by Crippen LogP contribution is -2.22. The van der Waals surface area contributed by atoms with E-state index in [0.717, 1.165) is 11.3 Å². The minimum absolute atomic E-state index is 0.144. The quantitative estimate of drug-likeness (QED) is 0.311. The van der Waals surface area contributed by atoms with Gasteiger partial charge in [0.25, 0.3) is 5.69 Å². The molecule has 0 aliphatic heterocycles. The molecule has 1 atom stereocenters. The summed E-state index contributed by atoms with van der Waals surface area (Å²) in [6.45, 7) is 5.79. The highest BCUT2D eigenvalue weighted by molar-refractivity contribution is 8.02. The molecule has 1 amide bonds. The molecule has 0 saturated carbocycles. The Bertz CT molecular complexity index is 1050. The smallest absolute Gasteiger partial charge is 0.292 e. The zero-order chi connectivity index (χ0) is 21.0. The zero-order valence-electron chi connectivity index (χ0n) is 16.0. The van der Waals surface area contributed by atoms with Crippen LogP contribution in [-0.4, -0.2) is 26.3 Å². The maximum Gasteiger partial charge on any atom is 0.292 e. The molecule has 0 spiro atoms. The van der Waals surface area contributed by atoms with Crippen molar-refractivity contribution in [3.05, 3.63) is 63.7 Å². The summed E-state index contributed by atoms with van der Waals surface area (Å²) in [5.41, 5.74) is 3.29. The van der Waals surface area contributed by atoms with Gasteiger partial charge in [-0.05, 0) is 44.0 Å². The van der Waals surface area contributed by atoms with Crippen LogP contribution < -0.4 is 10.6 Å². The van der Waals surface area contributed by atoms with Crippen molar-refractivity contribution in [1.82, 2.24) is 10.2 Å². The third kappa shape index (κ3) is 5.09. The molecule has 29 heavy (non-hydrogen) atoms. The monoisotopic (exact) mass is 429 g/mol. The molecule has 2 N–H and O–H groups in total. The molecule has 150 valence electrons. The first-order chi connectivity index (χ1) is 13.8. The number of nitrogens with one attached hydrogen (secondary N) is 2. The average molecular weight is 430 g/mol. The van der Waals surface area contributed by atoms with Crippen molar-refractivity contribution >= 4 is 51.2 Å². The minimum atomic E-state index is -0.524. The number of carbonyl (C=O) groups excluding carboxylic acids is 1. The van der Waals surface area contributed by atoms with Crippen molar-refractivity contribution in [3.8, 4) is 0 Å². The number of anilines is 3. The number of nitrogens with zero attached hydrogens (tertiary/aromatic N) is 3. The van der Waals surface area contributed by atoms with Crippen molar-refractivity contribution < 1.29 is 9.72 Å². The van der Waals surface area contributed by atoms with E-state index in [0.29, 0.717) is 9.47 Å². The number of rotatable bonds is 7. The molecule has 3 rings (SSSR count). The first kappa shape index (κ1) is 20.7. The van der Waals surface area contributed by atoms with E-state index in [1.807, 2.05) is 32.0 Å². The Labute approximate surface area is 175 Å². The summed E-state index contributed by atoms with van der Waals surface area (Å²) in [5.74, 6) is -0.344. The molecule has 3 aromatic rings. The van der Waals surface area contributed by atoms with E-state index in [1.54, 1.807) is 19.1 Å². The van der Waals surface area contributed by atoms with Gasteiger partial charge < -0.3 is 10.6 Å². The molecule has 0 unspecified atom stereocenters. The lowest BCUT2D eigenvalue weighted by molar-refractivity contribution is -0.383. The van der Waals surface area contributed by atoms with Gasteiger partial charge in [0.05, 0.1) is 10.2 Å². The van der Waals surface area contributed by atoms with E-state index in [9.17, 15) is 14.9 Å². The van der Waals surface area contributed by atoms with Gasteiger partial charge in [-0.3, -0.25) is 14.9 Å². The maximum atomic E-state index is 12.5. The predicted octanol–water partition coefficient (Wildman–Crippen LogP) is 4.93. The first-order valence-electron chi connectivity index (χ1n) is 8.73. The first-order valence-corrected chi connectivity index (χ1v) is 10.4. The van der Waals surface area contributed by atoms with Gasteiger partial charge in [0.15, 0.2) is 4.34 Å². The molecular formula is C19H19N5O3S2. The van der Waals surface area contributed by atoms with Crippen molar-refractivity contribution in [3.63, 3.8) is 0 Å². The van der Waals surface area contributed by atoms with Gasteiger partial charge in [0, 0.05) is 11.8 Å². The predicted molar refractivity (Wildman–Crippen MR) is 116 cm³/mol. The van der Waals surface area contributed by atoms with E-state index >= 15 is 0 Å². The Morgan fingerprint density at radius 1 is 1.14 bits per heavy atom. The molecule has 0 aliphatic rings. The van der Waals surface area contributed by atoms with Crippen LogP contribution >= 0.6 is 23.1 Å². The highest BCUT2D eigenvalue weighted by Gasteiger charge is 2.21. The lowest BCUT2D eigenvalue weighted by Gasteiger charge is -2.10. The molecular weight excluding hydrogens is 410 g/mol. The van der Waals surface area contributed by atoms with Crippen molar-refractivity contribution in [2.75, 3.05) is 10.6 Å². The van der Waals surface area contributed by atoms with E-state index in [1.165, 1.54) is 40.8 Å². The highest BCUT2D eigenvalue weighted by Crippen LogP contribution is 2.32. The number of hydrogen-bond acceptors (Lipinski definition) is 8. The number of benzene rings is 2. The Balaban J connectivity index is 1.64. The van der Waals surface area contributed by atoms with E-state index in [2.05, 4.69) is 20.8 Å². The number of thioether (sulfide) groups is 1. The summed E-state index contributed by atoms with van der Waals surface area (Å²) in [5, 5.41) is 25.3. The fourth-order valence-electron chi connectivity index (χ4n) is 2.49. The number of hydrogen-bond donors (Lipinski definition) is 2. The van der Waals surface area contributed by atoms with Crippen molar-refractivity contribution in [1.29, 1.82) is 0 Å². The number of nitro groups is 1. The van der Waals surface area contributed by atoms with Crippen LogP contribution in [0.4, 0.5) is 22.2 Å². The third-order valence-corrected chi connectivity index (χ3v) is 6.28. The number of nitro benzene ring substituents is 1. The SMILES string of the molecule is Cc1cccc(Nc2nnc(S[C@@H](C)C(=O)Nc3ccccc3[N+](=O)[O-])s2)c1C. The summed E-state index contributed by atoms with van der Waals surface area (Å²) < 4.78 is 0.628. The summed E-state index contributed by atoms with van der Waals surface area (Å²) >= 11 is 2.59. The standard InChI is InChI=1S/C19H19N5O3S2/c1-11-7-6-9-14(12(11)2)21-18-22-23-19(29-18)28-13(3)17(25)20-15-8-4-5-10-16(15)24(26)27/h4-10,13H,1-3H3,(H,20,25)(H,21,22)/t13-/m0/s1. The maximum absolute atomic E-state index is 12.5. The Kier molecular flexibility index (Phi) is 6.45. The van der Waals surface area contributed by atoms with Crippen LogP contribution in [0.3, 0.4) is 0 Å². The Hall–Kier alpha value is -2.98. The Morgan fingerprint density at radius 3 is 2.62 bits per heavy atom. The average Bonchev–Trinajstić information content (AvgIpc) is 3.12. The van der Waals surface area contributed by atoms with E-state index < -0.39 is 10.2 Å². The number of carbonyl (C=O) groups is 1. The molecule has 1 heterocycles. The number of para-hydroxylation sites is 2. The van der Waals surface area contributed by atoms with Crippen LogP contribution in [-0.2, 0) is 4.79 Å². The van der Waals surface area contributed by atoms with Crippen LogP contribution in [0.15, 0.2) is 46.8 Å². The highest BCUT2D eigenvalue weighted by atomic mass is 32.2. The van der Waals surface area contributed by atoms with Crippen molar-refractivity contribution in [2.24, 2.45) is 0 Å². The molecule has 10 heteroatoms. The normalized spacial score (nSPS) is 11.7. The van der Waals surface area contributed by atoms with Crippen LogP contribution in [0.25, 0.3) is 0 Å². The fraction of sp³-hybridized carbons (Fsp3) is 0.211. The second kappa shape index (κ2) is 9.01. The van der Waals surface area contributed by atoms with Crippen molar-refractivity contribution in [2.45, 2.75) is 30.4 Å². The topological polar surface area (TPSA) is 110 Å². The van der Waals surface area contributed by atoms with Crippen LogP contribution in [0.1, 0.15) is 18.1 Å². The van der Waals surface area contributed by atoms with Crippen LogP contribution in [0.2, 0.25) is 0 Å². The van der Waals surface area contributed by atoms with Gasteiger partial charge in [-0.1, -0.05) is 47.4 Å². The molecule has 2 aromatic carbocycles. The molecule has 8 nitrogen and oxygen atoms in total. The number of aryl methyl sites for hydroxylation is 1. The van der Waals surface area contributed by atoms with Gasteiger partial charge in [0.2, 0.25) is 11.0 Å². The van der Waals surface area contributed by atoms with Gasteiger partial charge in [0.1, 0.15) is 5.69 Å². The zero-order valence-corrected chi connectivity index (χ0v) is 17.6. The molecule has 0 saturated heterocycles. The van der Waals surface area contributed by atoms with E-state index in [4.69, 9.17) is 0 Å². The molecule has 0 aliphatic carbocycles. The van der Waals surface area contributed by atoms with Gasteiger partial charge in [-0.15, -0.1) is 10.2 Å². The fourth-order valence-corrected chi connectivity index (χ4v) is 4.40. The summed E-state index contributed by atoms with van der Waals surface area (Å²) in [6, 6.07) is 12.0. The third-order valence-electron chi connectivity index (χ3n) is 4.26. The summed E-state index contributed by atoms with van der Waals surface area (Å²) in [6.07, 6.45) is 0. The second-order valence-electron chi connectivity index (χ2n) is 6.27. The summed E-state index contributed by atoms with van der Waals surface area (Å²) in [7, 11) is 0. The lowest BCUT2D eigenvalue weighted by atomic mass is 10.1. The second-order valence-corrected chi connectivity index (χ2v) is 8.83. The number of amides is 1. The molecule has 0 bridgehead atoms. The largest absolute Gasteiger partial charge is 0.330 e. The Morgan fingerprint density at radius 2 is 1.86 bits per heavy atom. The number of aromatic nitrogens is 2. The summed E-state index contributed by atoms with van der Waals surface area (Å²) in [4.78, 5) is 23.0. The minimum Gasteiger partial charge on any atom is -0.330 e. The molecule has 1 aromatic heterocycles.